The van der Waals surface area contributed by atoms with E-state index in [0.717, 1.165) is 23.1 Å². The van der Waals surface area contributed by atoms with Crippen molar-refractivity contribution >= 4 is 10.9 Å². The van der Waals surface area contributed by atoms with Crippen molar-refractivity contribution in [3.63, 3.8) is 0 Å². The maximum absolute atomic E-state index is 9.17. The van der Waals surface area contributed by atoms with Crippen LogP contribution in [0.2, 0.25) is 0 Å². The maximum Gasteiger partial charge on any atom is 0.0705 e. The van der Waals surface area contributed by atoms with Gasteiger partial charge in [0.1, 0.15) is 0 Å². The molecule has 1 aliphatic rings. The third-order valence-electron chi connectivity index (χ3n) is 4.32. The molecule has 3 nitrogen and oxygen atoms in total. The predicted molar refractivity (Wildman–Crippen MR) is 79.6 cm³/mol. The molecule has 1 aromatic carbocycles. The van der Waals surface area contributed by atoms with Crippen LogP contribution in [0.5, 0.6) is 0 Å². The van der Waals surface area contributed by atoms with Crippen LogP contribution in [0.25, 0.3) is 10.9 Å². The van der Waals surface area contributed by atoms with Crippen LogP contribution >= 0.6 is 0 Å². The number of fused-ring (bicyclic) bond motifs is 1. The van der Waals surface area contributed by atoms with Crippen LogP contribution in [0.4, 0.5) is 0 Å². The highest BCUT2D eigenvalue weighted by Gasteiger charge is 2.26. The van der Waals surface area contributed by atoms with E-state index in [1.54, 1.807) is 7.11 Å². The summed E-state index contributed by atoms with van der Waals surface area (Å²) in [7, 11) is 1.78. The lowest BCUT2D eigenvalue weighted by Gasteiger charge is -2.11. The fraction of sp³-hybridized carbons (Fsp3) is 0.471. The van der Waals surface area contributed by atoms with Gasteiger partial charge in [0, 0.05) is 30.7 Å². The zero-order valence-electron chi connectivity index (χ0n) is 11.9. The van der Waals surface area contributed by atoms with Gasteiger partial charge in [0.2, 0.25) is 0 Å². The lowest BCUT2D eigenvalue weighted by Crippen LogP contribution is -2.04. The zero-order chi connectivity index (χ0) is 13.9. The van der Waals surface area contributed by atoms with Crippen molar-refractivity contribution < 1.29 is 9.84 Å². The van der Waals surface area contributed by atoms with Gasteiger partial charge in [0.25, 0.3) is 0 Å². The first-order chi connectivity index (χ1) is 9.80. The highest BCUT2D eigenvalue weighted by molar-refractivity contribution is 5.79. The lowest BCUT2D eigenvalue weighted by atomic mass is 10.00. The summed E-state index contributed by atoms with van der Waals surface area (Å²) < 4.78 is 5.26. The Morgan fingerprint density at radius 1 is 1.25 bits per heavy atom. The summed E-state index contributed by atoms with van der Waals surface area (Å²) in [5.74, 6) is 1.25. The summed E-state index contributed by atoms with van der Waals surface area (Å²) in [5.41, 5.74) is 3.16. The van der Waals surface area contributed by atoms with Crippen molar-refractivity contribution in [3.8, 4) is 0 Å². The number of rotatable bonds is 4. The minimum absolute atomic E-state index is 0.0824. The Morgan fingerprint density at radius 3 is 2.95 bits per heavy atom. The van der Waals surface area contributed by atoms with Crippen molar-refractivity contribution in [2.45, 2.75) is 31.8 Å². The van der Waals surface area contributed by atoms with Crippen LogP contribution in [-0.4, -0.2) is 23.8 Å². The van der Waals surface area contributed by atoms with Crippen molar-refractivity contribution in [2.75, 3.05) is 13.7 Å². The topological polar surface area (TPSA) is 42.4 Å². The summed E-state index contributed by atoms with van der Waals surface area (Å²) in [4.78, 5) is 4.80. The van der Waals surface area contributed by atoms with Gasteiger partial charge in [-0.15, -0.1) is 0 Å². The van der Waals surface area contributed by atoms with Gasteiger partial charge in [0.05, 0.1) is 12.1 Å². The van der Waals surface area contributed by atoms with Crippen molar-refractivity contribution in [1.82, 2.24) is 4.98 Å². The van der Waals surface area contributed by atoms with E-state index in [9.17, 15) is 5.11 Å². The first kappa shape index (κ1) is 13.5. The molecule has 1 N–H and O–H groups in total. The Labute approximate surface area is 119 Å². The molecule has 2 atom stereocenters. The molecule has 1 heterocycles. The Bertz CT molecular complexity index is 597. The fourth-order valence-electron chi connectivity index (χ4n) is 3.25. The number of hydrogen-bond acceptors (Lipinski definition) is 3. The van der Waals surface area contributed by atoms with Gasteiger partial charge in [-0.2, -0.15) is 0 Å². The van der Waals surface area contributed by atoms with Crippen LogP contribution in [0.1, 0.15) is 36.4 Å². The number of aliphatic hydroxyl groups is 1. The predicted octanol–water partition coefficient (Wildman–Crippen LogP) is 3.26. The molecule has 1 fully saturated rings. The average Bonchev–Trinajstić information content (AvgIpc) is 2.95. The van der Waals surface area contributed by atoms with Gasteiger partial charge < -0.3 is 9.84 Å². The molecule has 0 aliphatic heterocycles. The molecule has 2 aromatic rings. The van der Waals surface area contributed by atoms with Gasteiger partial charge in [-0.1, -0.05) is 12.1 Å². The molecule has 106 valence electrons. The highest BCUT2D eigenvalue weighted by Crippen LogP contribution is 2.38. The van der Waals surface area contributed by atoms with Crippen LogP contribution in [0, 0.1) is 5.92 Å². The van der Waals surface area contributed by atoms with Crippen LogP contribution in [0.3, 0.4) is 0 Å². The molecule has 0 saturated heterocycles. The van der Waals surface area contributed by atoms with E-state index in [1.807, 2.05) is 18.2 Å². The molecule has 0 radical (unpaired) electrons. The van der Waals surface area contributed by atoms with Crippen molar-refractivity contribution in [2.24, 2.45) is 5.92 Å². The van der Waals surface area contributed by atoms with E-state index >= 15 is 0 Å². The summed E-state index contributed by atoms with van der Waals surface area (Å²) in [5, 5.41) is 10.3. The normalized spacial score (nSPS) is 22.5. The number of hydrogen-bond donors (Lipinski definition) is 1. The van der Waals surface area contributed by atoms with Gasteiger partial charge in [-0.3, -0.25) is 4.98 Å². The van der Waals surface area contributed by atoms with Gasteiger partial charge in [0.15, 0.2) is 0 Å². The fourth-order valence-corrected chi connectivity index (χ4v) is 3.25. The first-order valence-corrected chi connectivity index (χ1v) is 7.29. The van der Waals surface area contributed by atoms with Crippen LogP contribution < -0.4 is 0 Å². The third kappa shape index (κ3) is 2.69. The van der Waals surface area contributed by atoms with Gasteiger partial charge >= 0.3 is 0 Å². The largest absolute Gasteiger partial charge is 0.392 e. The molecule has 1 saturated carbocycles. The summed E-state index contributed by atoms with van der Waals surface area (Å²) in [6.07, 6.45) is 3.63. The highest BCUT2D eigenvalue weighted by atomic mass is 16.5. The molecule has 3 heteroatoms. The minimum atomic E-state index is 0.0824. The monoisotopic (exact) mass is 271 g/mol. The van der Waals surface area contributed by atoms with Crippen molar-refractivity contribution in [3.05, 3.63) is 41.6 Å². The molecular weight excluding hydrogens is 250 g/mol. The second kappa shape index (κ2) is 5.90. The number of ether oxygens (including phenoxy) is 1. The Balaban J connectivity index is 1.83. The van der Waals surface area contributed by atoms with E-state index in [0.29, 0.717) is 11.8 Å². The number of pyridine rings is 1. The molecule has 0 bridgehead atoms. The zero-order valence-corrected chi connectivity index (χ0v) is 11.9. The molecule has 20 heavy (non-hydrogen) atoms. The Morgan fingerprint density at radius 2 is 2.15 bits per heavy atom. The number of aliphatic hydroxyl groups excluding tert-OH is 1. The van der Waals surface area contributed by atoms with E-state index in [2.05, 4.69) is 12.1 Å². The second-order valence-electron chi connectivity index (χ2n) is 5.75. The standard InChI is InChI=1S/C17H21NO2/c1-20-11-13-2-4-14(9-13)17-7-5-15-8-12(10-19)3-6-16(15)18-17/h3,5-8,13-14,19H,2,4,9-11H2,1H3/t13-,14-/m1/s1. The molecular formula is C17H21NO2. The quantitative estimate of drug-likeness (QED) is 0.928. The first-order valence-electron chi connectivity index (χ1n) is 7.29. The molecule has 3 rings (SSSR count). The van der Waals surface area contributed by atoms with Gasteiger partial charge in [-0.25, -0.2) is 0 Å². The summed E-state index contributed by atoms with van der Waals surface area (Å²) in [6.45, 7) is 0.947. The maximum atomic E-state index is 9.17. The Kier molecular flexibility index (Phi) is 3.99. The smallest absolute Gasteiger partial charge is 0.0705 e. The molecule has 1 aliphatic carbocycles. The summed E-state index contributed by atoms with van der Waals surface area (Å²) >= 11 is 0. The van der Waals surface area contributed by atoms with Crippen LogP contribution in [0.15, 0.2) is 30.3 Å². The van der Waals surface area contributed by atoms with E-state index in [4.69, 9.17) is 9.72 Å². The summed E-state index contributed by atoms with van der Waals surface area (Å²) in [6, 6.07) is 10.2. The Hall–Kier alpha value is -1.45. The third-order valence-corrected chi connectivity index (χ3v) is 4.32. The molecule has 0 amide bonds. The van der Waals surface area contributed by atoms with E-state index in [1.165, 1.54) is 25.0 Å². The van der Waals surface area contributed by atoms with E-state index < -0.39 is 0 Å². The number of benzene rings is 1. The minimum Gasteiger partial charge on any atom is -0.392 e. The average molecular weight is 271 g/mol. The SMILES string of the molecule is COC[C@@H]1CC[C@@H](c2ccc3cc(CO)ccc3n2)C1. The molecule has 0 spiro atoms. The number of aromatic nitrogens is 1. The number of methoxy groups -OCH3 is 1. The van der Waals surface area contributed by atoms with Gasteiger partial charge in [-0.05, 0) is 48.9 Å². The van der Waals surface area contributed by atoms with E-state index in [-0.39, 0.29) is 6.61 Å². The van der Waals surface area contributed by atoms with Crippen molar-refractivity contribution in [1.29, 1.82) is 0 Å². The second-order valence-corrected chi connectivity index (χ2v) is 5.75. The lowest BCUT2D eigenvalue weighted by molar-refractivity contribution is 0.154. The van der Waals surface area contributed by atoms with Crippen LogP contribution in [-0.2, 0) is 11.3 Å². The number of nitrogens with zero attached hydrogens (tertiary/aromatic N) is 1. The molecule has 0 unspecified atom stereocenters. The molecule has 1 aromatic heterocycles.